The Bertz CT molecular complexity index is 780. The van der Waals surface area contributed by atoms with Gasteiger partial charge >= 0.3 is 5.97 Å². The smallest absolute Gasteiger partial charge is 0.303 e. The molecule has 2 amide bonds. The minimum absolute atomic E-state index is 0.0748. The van der Waals surface area contributed by atoms with Gasteiger partial charge in [-0.2, -0.15) is 0 Å². The molecule has 0 aliphatic rings. The maximum absolute atomic E-state index is 12.3. The molecule has 0 aromatic heterocycles. The van der Waals surface area contributed by atoms with Crippen LogP contribution in [0, 0.1) is 5.92 Å². The van der Waals surface area contributed by atoms with Crippen LogP contribution >= 0.6 is 0 Å². The van der Waals surface area contributed by atoms with Crippen molar-refractivity contribution in [3.8, 4) is 0 Å². The van der Waals surface area contributed by atoms with Crippen molar-refractivity contribution in [2.45, 2.75) is 26.7 Å². The first kappa shape index (κ1) is 19.2. The molecule has 26 heavy (non-hydrogen) atoms. The second-order valence-electron chi connectivity index (χ2n) is 6.27. The van der Waals surface area contributed by atoms with Gasteiger partial charge in [0.15, 0.2) is 0 Å². The summed E-state index contributed by atoms with van der Waals surface area (Å²) in [5.74, 6) is -1.29. The lowest BCUT2D eigenvalue weighted by Gasteiger charge is -2.09. The summed E-state index contributed by atoms with van der Waals surface area (Å²) in [7, 11) is 0. The minimum atomic E-state index is -0.838. The molecule has 2 rings (SSSR count). The molecule has 0 atom stereocenters. The molecule has 0 fully saturated rings. The van der Waals surface area contributed by atoms with E-state index in [0.29, 0.717) is 23.4 Å². The number of benzene rings is 2. The van der Waals surface area contributed by atoms with E-state index in [1.54, 1.807) is 48.5 Å². The molecule has 136 valence electrons. The molecule has 2 aromatic carbocycles. The number of hydrogen-bond acceptors (Lipinski definition) is 3. The van der Waals surface area contributed by atoms with Gasteiger partial charge in [0.05, 0.1) is 0 Å². The largest absolute Gasteiger partial charge is 0.481 e. The summed E-state index contributed by atoms with van der Waals surface area (Å²) in [6.45, 7) is 3.62. The number of aryl methyl sites for hydroxylation is 1. The number of amides is 2. The molecule has 0 saturated heterocycles. The molecule has 0 saturated carbocycles. The monoisotopic (exact) mass is 354 g/mol. The highest BCUT2D eigenvalue weighted by molar-refractivity contribution is 6.04. The summed E-state index contributed by atoms with van der Waals surface area (Å²) in [6.07, 6.45) is 0.526. The molecule has 0 aliphatic heterocycles. The van der Waals surface area contributed by atoms with Gasteiger partial charge in [0.1, 0.15) is 0 Å². The van der Waals surface area contributed by atoms with Crippen LogP contribution in [0.2, 0.25) is 0 Å². The predicted molar refractivity (Wildman–Crippen MR) is 100 cm³/mol. The Balaban J connectivity index is 1.94. The first-order valence-corrected chi connectivity index (χ1v) is 8.38. The molecule has 2 aromatic rings. The fourth-order valence-electron chi connectivity index (χ4n) is 2.20. The van der Waals surface area contributed by atoms with E-state index >= 15 is 0 Å². The van der Waals surface area contributed by atoms with Crippen LogP contribution in [-0.2, 0) is 16.0 Å². The average Bonchev–Trinajstić information content (AvgIpc) is 2.61. The molecule has 0 heterocycles. The second-order valence-corrected chi connectivity index (χ2v) is 6.27. The Morgan fingerprint density at radius 1 is 0.885 bits per heavy atom. The summed E-state index contributed by atoms with van der Waals surface area (Å²) < 4.78 is 0. The van der Waals surface area contributed by atoms with E-state index in [2.05, 4.69) is 10.6 Å². The van der Waals surface area contributed by atoms with Crippen molar-refractivity contribution >= 4 is 29.2 Å². The topological polar surface area (TPSA) is 95.5 Å². The van der Waals surface area contributed by atoms with Gasteiger partial charge in [-0.15, -0.1) is 0 Å². The third-order valence-corrected chi connectivity index (χ3v) is 3.78. The maximum atomic E-state index is 12.3. The molecule has 0 spiro atoms. The van der Waals surface area contributed by atoms with Crippen molar-refractivity contribution < 1.29 is 19.5 Å². The van der Waals surface area contributed by atoms with Gasteiger partial charge in [-0.25, -0.2) is 0 Å². The Kier molecular flexibility index (Phi) is 6.49. The fraction of sp³-hybridized carbons (Fsp3) is 0.250. The van der Waals surface area contributed by atoms with Crippen LogP contribution in [-0.4, -0.2) is 22.9 Å². The molecular formula is C20H22N2O4. The molecule has 3 N–H and O–H groups in total. The van der Waals surface area contributed by atoms with Crippen molar-refractivity contribution in [1.29, 1.82) is 0 Å². The van der Waals surface area contributed by atoms with Crippen molar-refractivity contribution in [3.05, 3.63) is 59.7 Å². The Labute approximate surface area is 152 Å². The lowest BCUT2D eigenvalue weighted by molar-refractivity contribution is -0.137. The average molecular weight is 354 g/mol. The summed E-state index contributed by atoms with van der Waals surface area (Å²) >= 11 is 0. The molecule has 0 bridgehead atoms. The molecule has 0 radical (unpaired) electrons. The number of carbonyl (C=O) groups excluding carboxylic acids is 2. The first-order chi connectivity index (χ1) is 12.3. The number of anilines is 2. The first-order valence-electron chi connectivity index (χ1n) is 8.38. The van der Waals surface area contributed by atoms with Crippen LogP contribution < -0.4 is 10.6 Å². The highest BCUT2D eigenvalue weighted by Crippen LogP contribution is 2.15. The maximum Gasteiger partial charge on any atom is 0.303 e. The van der Waals surface area contributed by atoms with Gasteiger partial charge in [-0.05, 0) is 48.4 Å². The highest BCUT2D eigenvalue weighted by Gasteiger charge is 2.09. The molecular weight excluding hydrogens is 332 g/mol. The van der Waals surface area contributed by atoms with Gasteiger partial charge in [0.2, 0.25) is 5.91 Å². The van der Waals surface area contributed by atoms with Crippen molar-refractivity contribution in [1.82, 2.24) is 0 Å². The normalized spacial score (nSPS) is 10.4. The zero-order valence-corrected chi connectivity index (χ0v) is 14.8. The fourth-order valence-corrected chi connectivity index (χ4v) is 2.20. The third kappa shape index (κ3) is 5.73. The van der Waals surface area contributed by atoms with Gasteiger partial charge in [-0.3, -0.25) is 14.4 Å². The second kappa shape index (κ2) is 8.80. The SMILES string of the molecule is CC(C)C(=O)Nc1ccc(C(=O)Nc2ccc(CCC(=O)O)cc2)cc1. The summed E-state index contributed by atoms with van der Waals surface area (Å²) in [4.78, 5) is 34.5. The van der Waals surface area contributed by atoms with Crippen LogP contribution in [0.5, 0.6) is 0 Å². The summed E-state index contributed by atoms with van der Waals surface area (Å²) in [5.41, 5.74) is 2.65. The zero-order valence-electron chi connectivity index (χ0n) is 14.8. The van der Waals surface area contributed by atoms with Crippen LogP contribution in [0.4, 0.5) is 11.4 Å². The number of hydrogen-bond donors (Lipinski definition) is 3. The van der Waals surface area contributed by atoms with Gasteiger partial charge < -0.3 is 15.7 Å². The Morgan fingerprint density at radius 3 is 1.96 bits per heavy atom. The van der Waals surface area contributed by atoms with E-state index in [-0.39, 0.29) is 24.2 Å². The van der Waals surface area contributed by atoms with Gasteiger partial charge in [-0.1, -0.05) is 26.0 Å². The van der Waals surface area contributed by atoms with Crippen molar-refractivity contribution in [3.63, 3.8) is 0 Å². The van der Waals surface area contributed by atoms with Crippen LogP contribution in [0.15, 0.2) is 48.5 Å². The highest BCUT2D eigenvalue weighted by atomic mass is 16.4. The van der Waals surface area contributed by atoms with Gasteiger partial charge in [0.25, 0.3) is 5.91 Å². The molecule has 6 nitrogen and oxygen atoms in total. The summed E-state index contributed by atoms with van der Waals surface area (Å²) in [6, 6.07) is 13.7. The van der Waals surface area contributed by atoms with Crippen LogP contribution in [0.25, 0.3) is 0 Å². The van der Waals surface area contributed by atoms with E-state index in [9.17, 15) is 14.4 Å². The van der Waals surface area contributed by atoms with Gasteiger partial charge in [0, 0.05) is 29.3 Å². The van der Waals surface area contributed by atoms with E-state index < -0.39 is 5.97 Å². The summed E-state index contributed by atoms with van der Waals surface area (Å²) in [5, 5.41) is 14.2. The molecule has 0 aliphatic carbocycles. The number of aliphatic carboxylic acids is 1. The van der Waals surface area contributed by atoms with E-state index in [1.807, 2.05) is 13.8 Å². The zero-order chi connectivity index (χ0) is 19.1. The predicted octanol–water partition coefficient (Wildman–Crippen LogP) is 3.55. The van der Waals surface area contributed by atoms with E-state index in [4.69, 9.17) is 5.11 Å². The van der Waals surface area contributed by atoms with Crippen LogP contribution in [0.3, 0.4) is 0 Å². The number of carbonyl (C=O) groups is 3. The third-order valence-electron chi connectivity index (χ3n) is 3.78. The molecule has 6 heteroatoms. The number of carboxylic acid groups (broad SMARTS) is 1. The lowest BCUT2D eigenvalue weighted by atomic mass is 10.1. The number of nitrogens with one attached hydrogen (secondary N) is 2. The Morgan fingerprint density at radius 2 is 1.42 bits per heavy atom. The van der Waals surface area contributed by atoms with Crippen molar-refractivity contribution in [2.75, 3.05) is 10.6 Å². The Hall–Kier alpha value is -3.15. The minimum Gasteiger partial charge on any atom is -0.481 e. The standard InChI is InChI=1S/C20H22N2O4/c1-13(2)19(25)21-17-10-6-15(7-11-17)20(26)22-16-8-3-14(4-9-16)5-12-18(23)24/h3-4,6-11,13H,5,12H2,1-2H3,(H,21,25)(H,22,26)(H,23,24). The van der Waals surface area contributed by atoms with Crippen LogP contribution in [0.1, 0.15) is 36.2 Å². The van der Waals surface area contributed by atoms with E-state index in [1.165, 1.54) is 0 Å². The molecule has 0 unspecified atom stereocenters. The number of carboxylic acids is 1. The quantitative estimate of drug-likeness (QED) is 0.708. The number of rotatable bonds is 7. The lowest BCUT2D eigenvalue weighted by Crippen LogP contribution is -2.18. The van der Waals surface area contributed by atoms with Crippen molar-refractivity contribution in [2.24, 2.45) is 5.92 Å². The van der Waals surface area contributed by atoms with E-state index in [0.717, 1.165) is 5.56 Å².